The Labute approximate surface area is 82.7 Å². The van der Waals surface area contributed by atoms with E-state index in [-0.39, 0.29) is 11.9 Å². The van der Waals surface area contributed by atoms with Crippen LogP contribution in [0.25, 0.3) is 0 Å². The second-order valence-corrected chi connectivity index (χ2v) is 3.37. The van der Waals surface area contributed by atoms with E-state index in [1.165, 1.54) is 0 Å². The van der Waals surface area contributed by atoms with Crippen molar-refractivity contribution in [3.63, 3.8) is 0 Å². The summed E-state index contributed by atoms with van der Waals surface area (Å²) in [4.78, 5) is 15.5. The minimum absolute atomic E-state index is 0.0248. The summed E-state index contributed by atoms with van der Waals surface area (Å²) < 4.78 is 0. The molecule has 0 aliphatic carbocycles. The van der Waals surface area contributed by atoms with Crippen LogP contribution in [0.1, 0.15) is 12.8 Å². The van der Waals surface area contributed by atoms with E-state index in [1.54, 1.807) is 24.5 Å². The molecule has 1 atom stereocenters. The summed E-state index contributed by atoms with van der Waals surface area (Å²) in [5.41, 5.74) is 0.804. The monoisotopic (exact) mass is 191 g/mol. The van der Waals surface area contributed by atoms with Crippen molar-refractivity contribution in [3.8, 4) is 0 Å². The molecule has 1 aromatic rings. The summed E-state index contributed by atoms with van der Waals surface area (Å²) in [6.07, 6.45) is 5.33. The summed E-state index contributed by atoms with van der Waals surface area (Å²) in [5, 5.41) is 5.99. The van der Waals surface area contributed by atoms with E-state index in [9.17, 15) is 4.79 Å². The molecule has 0 radical (unpaired) electrons. The Morgan fingerprint density at radius 3 is 2.93 bits per heavy atom. The molecule has 14 heavy (non-hydrogen) atoms. The highest BCUT2D eigenvalue weighted by Gasteiger charge is 2.21. The van der Waals surface area contributed by atoms with E-state index in [0.717, 1.165) is 25.1 Å². The van der Waals surface area contributed by atoms with Crippen molar-refractivity contribution in [2.24, 2.45) is 0 Å². The number of amides is 1. The van der Waals surface area contributed by atoms with Gasteiger partial charge in [-0.3, -0.25) is 9.78 Å². The second-order valence-electron chi connectivity index (χ2n) is 3.37. The van der Waals surface area contributed by atoms with Crippen LogP contribution in [-0.2, 0) is 4.79 Å². The average Bonchev–Trinajstić information content (AvgIpc) is 2.72. The van der Waals surface area contributed by atoms with Crippen LogP contribution in [0.4, 0.5) is 5.69 Å². The van der Waals surface area contributed by atoms with Gasteiger partial charge in [-0.2, -0.15) is 0 Å². The molecule has 1 aliphatic rings. The minimum atomic E-state index is -0.0248. The molecule has 0 spiro atoms. The average molecular weight is 191 g/mol. The lowest BCUT2D eigenvalue weighted by atomic mass is 10.2. The third-order valence-electron chi connectivity index (χ3n) is 2.32. The van der Waals surface area contributed by atoms with Crippen molar-refractivity contribution in [2.45, 2.75) is 18.9 Å². The molecule has 0 aromatic carbocycles. The lowest BCUT2D eigenvalue weighted by molar-refractivity contribution is -0.117. The number of nitrogens with zero attached hydrogens (tertiary/aromatic N) is 1. The van der Waals surface area contributed by atoms with Crippen LogP contribution in [0.5, 0.6) is 0 Å². The van der Waals surface area contributed by atoms with Crippen LogP contribution >= 0.6 is 0 Å². The van der Waals surface area contributed by atoms with Gasteiger partial charge in [0.1, 0.15) is 0 Å². The van der Waals surface area contributed by atoms with Gasteiger partial charge in [0, 0.05) is 18.1 Å². The van der Waals surface area contributed by atoms with E-state index in [1.807, 2.05) is 0 Å². The SMILES string of the molecule is O=C(Nc1ccncc1)[C@@H]1CCCN1. The Morgan fingerprint density at radius 2 is 2.29 bits per heavy atom. The summed E-state index contributed by atoms with van der Waals surface area (Å²) in [5.74, 6) is 0.0497. The summed E-state index contributed by atoms with van der Waals surface area (Å²) in [6.45, 7) is 0.939. The van der Waals surface area contributed by atoms with Crippen LogP contribution < -0.4 is 10.6 Å². The summed E-state index contributed by atoms with van der Waals surface area (Å²) in [6, 6.07) is 3.54. The standard InChI is InChI=1S/C10H13N3O/c14-10(9-2-1-5-12-9)13-8-3-6-11-7-4-8/h3-4,6-7,9,12H,1-2,5H2,(H,11,13,14)/t9-/m0/s1. The van der Waals surface area contributed by atoms with Crippen molar-refractivity contribution < 1.29 is 4.79 Å². The lowest BCUT2D eigenvalue weighted by Gasteiger charge is -2.10. The molecule has 1 fully saturated rings. The van der Waals surface area contributed by atoms with Gasteiger partial charge in [-0.05, 0) is 31.5 Å². The van der Waals surface area contributed by atoms with Gasteiger partial charge < -0.3 is 10.6 Å². The van der Waals surface area contributed by atoms with Gasteiger partial charge in [0.25, 0.3) is 0 Å². The number of hydrogen-bond acceptors (Lipinski definition) is 3. The van der Waals surface area contributed by atoms with E-state index < -0.39 is 0 Å². The Kier molecular flexibility index (Phi) is 2.74. The fraction of sp³-hybridized carbons (Fsp3) is 0.400. The van der Waals surface area contributed by atoms with Crippen molar-refractivity contribution in [1.82, 2.24) is 10.3 Å². The number of rotatable bonds is 2. The van der Waals surface area contributed by atoms with Crippen molar-refractivity contribution in [2.75, 3.05) is 11.9 Å². The molecule has 2 heterocycles. The van der Waals surface area contributed by atoms with Gasteiger partial charge in [-0.1, -0.05) is 0 Å². The highest BCUT2D eigenvalue weighted by Crippen LogP contribution is 2.09. The highest BCUT2D eigenvalue weighted by atomic mass is 16.2. The molecule has 1 saturated heterocycles. The maximum atomic E-state index is 11.6. The van der Waals surface area contributed by atoms with Crippen LogP contribution in [0.3, 0.4) is 0 Å². The number of anilines is 1. The number of carbonyl (C=O) groups excluding carboxylic acids is 1. The van der Waals surface area contributed by atoms with E-state index in [0.29, 0.717) is 0 Å². The maximum absolute atomic E-state index is 11.6. The first-order chi connectivity index (χ1) is 6.86. The van der Waals surface area contributed by atoms with Gasteiger partial charge in [-0.25, -0.2) is 0 Å². The Bertz CT molecular complexity index is 306. The quantitative estimate of drug-likeness (QED) is 0.726. The van der Waals surface area contributed by atoms with Gasteiger partial charge in [0.15, 0.2) is 0 Å². The topological polar surface area (TPSA) is 54.0 Å². The van der Waals surface area contributed by atoms with Crippen molar-refractivity contribution >= 4 is 11.6 Å². The molecule has 1 amide bonds. The summed E-state index contributed by atoms with van der Waals surface area (Å²) >= 11 is 0. The number of nitrogens with one attached hydrogen (secondary N) is 2. The smallest absolute Gasteiger partial charge is 0.241 e. The zero-order valence-electron chi connectivity index (χ0n) is 7.86. The predicted octanol–water partition coefficient (Wildman–Crippen LogP) is 0.772. The fourth-order valence-electron chi connectivity index (χ4n) is 1.57. The maximum Gasteiger partial charge on any atom is 0.241 e. The Balaban J connectivity index is 1.94. The summed E-state index contributed by atoms with van der Waals surface area (Å²) in [7, 11) is 0. The lowest BCUT2D eigenvalue weighted by Crippen LogP contribution is -2.35. The zero-order chi connectivity index (χ0) is 9.80. The first kappa shape index (κ1) is 9.15. The van der Waals surface area contributed by atoms with Crippen LogP contribution in [-0.4, -0.2) is 23.5 Å². The number of aromatic nitrogens is 1. The number of pyridine rings is 1. The molecule has 0 bridgehead atoms. The normalized spacial score (nSPS) is 20.7. The molecule has 74 valence electrons. The molecule has 2 rings (SSSR count). The molecular formula is C10H13N3O. The molecule has 1 aliphatic heterocycles. The van der Waals surface area contributed by atoms with Gasteiger partial charge in [-0.15, -0.1) is 0 Å². The largest absolute Gasteiger partial charge is 0.325 e. The second kappa shape index (κ2) is 4.19. The van der Waals surface area contributed by atoms with Gasteiger partial charge in [0.2, 0.25) is 5.91 Å². The van der Waals surface area contributed by atoms with Crippen molar-refractivity contribution in [1.29, 1.82) is 0 Å². The highest BCUT2D eigenvalue weighted by molar-refractivity contribution is 5.94. The minimum Gasteiger partial charge on any atom is -0.325 e. The molecule has 0 saturated carbocycles. The van der Waals surface area contributed by atoms with Gasteiger partial charge >= 0.3 is 0 Å². The Hall–Kier alpha value is -1.42. The third kappa shape index (κ3) is 2.09. The van der Waals surface area contributed by atoms with Crippen LogP contribution in [0.15, 0.2) is 24.5 Å². The van der Waals surface area contributed by atoms with E-state index in [4.69, 9.17) is 0 Å². The van der Waals surface area contributed by atoms with Crippen LogP contribution in [0, 0.1) is 0 Å². The van der Waals surface area contributed by atoms with Crippen molar-refractivity contribution in [3.05, 3.63) is 24.5 Å². The fourth-order valence-corrected chi connectivity index (χ4v) is 1.57. The molecule has 4 nitrogen and oxygen atoms in total. The van der Waals surface area contributed by atoms with Crippen LogP contribution in [0.2, 0.25) is 0 Å². The first-order valence-corrected chi connectivity index (χ1v) is 4.80. The molecule has 1 aromatic heterocycles. The van der Waals surface area contributed by atoms with E-state index in [2.05, 4.69) is 15.6 Å². The Morgan fingerprint density at radius 1 is 1.50 bits per heavy atom. The first-order valence-electron chi connectivity index (χ1n) is 4.80. The molecule has 4 heteroatoms. The predicted molar refractivity (Wildman–Crippen MR) is 53.9 cm³/mol. The zero-order valence-corrected chi connectivity index (χ0v) is 7.86. The molecule has 2 N–H and O–H groups in total. The third-order valence-corrected chi connectivity index (χ3v) is 2.32. The molecular weight excluding hydrogens is 178 g/mol. The number of hydrogen-bond donors (Lipinski definition) is 2. The van der Waals surface area contributed by atoms with Gasteiger partial charge in [0.05, 0.1) is 6.04 Å². The van der Waals surface area contributed by atoms with E-state index >= 15 is 0 Å². The number of carbonyl (C=O) groups is 1. The molecule has 0 unspecified atom stereocenters.